The summed E-state index contributed by atoms with van der Waals surface area (Å²) in [6.45, 7) is 12.1. The van der Waals surface area contributed by atoms with E-state index >= 15 is 0 Å². The van der Waals surface area contributed by atoms with Gasteiger partial charge >= 0.3 is 0 Å². The molecule has 70 heavy (non-hydrogen) atoms. The molecule has 0 bridgehead atoms. The summed E-state index contributed by atoms with van der Waals surface area (Å²) in [6.07, 6.45) is 0. The van der Waals surface area contributed by atoms with E-state index in [-0.39, 0.29) is 10.8 Å². The molecular weight excluding hydrogens is 851 g/mol. The summed E-state index contributed by atoms with van der Waals surface area (Å²) in [7, 11) is 0. The fraction of sp³-hybridized carbons (Fsp3) is 0.123. The van der Waals surface area contributed by atoms with Crippen molar-refractivity contribution >= 4 is 43.6 Å². The predicted octanol–water partition coefficient (Wildman–Crippen LogP) is 16.6. The molecule has 0 amide bonds. The van der Waals surface area contributed by atoms with Crippen LogP contribution in [0.25, 0.3) is 111 Å². The molecule has 9 aromatic carbocycles. The van der Waals surface area contributed by atoms with Gasteiger partial charge in [0.25, 0.3) is 0 Å². The molecule has 0 N–H and O–H groups in total. The Bertz CT molecular complexity index is 3990. The standard InChI is InChI=1S/C65H51N5/c1-41-64(2,3)55-27-17-26-50(58(55)65(41,4)5)45-32-30-43(31-33-45)44-34-36-49(37-35-44)69-56-28-14-12-24-51(56)53-38-39-54-52-25-13-15-29-57(52)70(60(54)59(53)69)63-67-61(46-20-10-7-11-21-46)66-62(68-63)48-23-16-22-47(40-48)42-18-8-6-9-19-42/h6-41H,1-5H3. The summed E-state index contributed by atoms with van der Waals surface area (Å²) in [5, 5.41) is 4.60. The third-order valence-corrected chi connectivity index (χ3v) is 15.8. The summed E-state index contributed by atoms with van der Waals surface area (Å²) in [6, 6.07) is 76.3. The quantitative estimate of drug-likeness (QED) is 0.160. The predicted molar refractivity (Wildman–Crippen MR) is 291 cm³/mol. The maximum atomic E-state index is 5.41. The van der Waals surface area contributed by atoms with Gasteiger partial charge in [-0.2, -0.15) is 9.97 Å². The normalized spacial score (nSPS) is 15.0. The Morgan fingerprint density at radius 1 is 0.371 bits per heavy atom. The first-order valence-electron chi connectivity index (χ1n) is 24.4. The second-order valence-electron chi connectivity index (χ2n) is 20.2. The van der Waals surface area contributed by atoms with Gasteiger partial charge in [-0.15, -0.1) is 0 Å². The van der Waals surface area contributed by atoms with Crippen molar-refractivity contribution in [2.24, 2.45) is 5.92 Å². The number of hydrogen-bond acceptors (Lipinski definition) is 3. The van der Waals surface area contributed by atoms with E-state index < -0.39 is 0 Å². The topological polar surface area (TPSA) is 48.5 Å². The molecule has 0 spiro atoms. The van der Waals surface area contributed by atoms with E-state index in [0.29, 0.717) is 23.5 Å². The molecule has 0 saturated heterocycles. The van der Waals surface area contributed by atoms with Crippen LogP contribution in [0.4, 0.5) is 0 Å². The molecule has 1 atom stereocenters. The molecule has 1 aliphatic carbocycles. The average Bonchev–Trinajstić information content (AvgIpc) is 3.98. The van der Waals surface area contributed by atoms with E-state index in [1.807, 2.05) is 24.3 Å². The van der Waals surface area contributed by atoms with E-state index in [2.05, 4.69) is 232 Å². The highest BCUT2D eigenvalue weighted by Gasteiger charge is 2.49. The van der Waals surface area contributed by atoms with Gasteiger partial charge in [-0.3, -0.25) is 4.57 Å². The molecule has 5 heteroatoms. The number of fused-ring (bicyclic) bond motifs is 8. The lowest BCUT2D eigenvalue weighted by molar-refractivity contribution is 0.264. The van der Waals surface area contributed by atoms with Crippen molar-refractivity contribution in [1.82, 2.24) is 24.1 Å². The summed E-state index contributed by atoms with van der Waals surface area (Å²) in [5.74, 6) is 2.31. The summed E-state index contributed by atoms with van der Waals surface area (Å²) in [5.41, 5.74) is 17.6. The average molecular weight is 902 g/mol. The Labute approximate surface area is 408 Å². The Morgan fingerprint density at radius 3 is 1.51 bits per heavy atom. The lowest BCUT2D eigenvalue weighted by Crippen LogP contribution is -2.31. The van der Waals surface area contributed by atoms with Crippen molar-refractivity contribution in [1.29, 1.82) is 0 Å². The van der Waals surface area contributed by atoms with E-state index in [0.717, 1.165) is 66.2 Å². The number of benzene rings is 9. The minimum absolute atomic E-state index is 0.0748. The zero-order valence-corrected chi connectivity index (χ0v) is 40.0. The highest BCUT2D eigenvalue weighted by molar-refractivity contribution is 6.23. The van der Waals surface area contributed by atoms with Gasteiger partial charge in [0.1, 0.15) is 0 Å². The van der Waals surface area contributed by atoms with Gasteiger partial charge < -0.3 is 4.57 Å². The van der Waals surface area contributed by atoms with E-state index in [4.69, 9.17) is 15.0 Å². The third-order valence-electron chi connectivity index (χ3n) is 15.8. The van der Waals surface area contributed by atoms with Crippen LogP contribution in [0.1, 0.15) is 45.7 Å². The number of para-hydroxylation sites is 2. The minimum atomic E-state index is 0.0748. The summed E-state index contributed by atoms with van der Waals surface area (Å²) >= 11 is 0. The van der Waals surface area contributed by atoms with Gasteiger partial charge in [-0.25, -0.2) is 4.98 Å². The number of aromatic nitrogens is 5. The molecule has 0 aliphatic heterocycles. The van der Waals surface area contributed by atoms with Gasteiger partial charge in [-0.1, -0.05) is 217 Å². The Balaban J connectivity index is 0.982. The van der Waals surface area contributed by atoms with Crippen LogP contribution in [-0.2, 0) is 10.8 Å². The maximum Gasteiger partial charge on any atom is 0.238 e. The number of hydrogen-bond donors (Lipinski definition) is 0. The van der Waals surface area contributed by atoms with Crippen molar-refractivity contribution < 1.29 is 0 Å². The second kappa shape index (κ2) is 15.8. The molecular formula is C65H51N5. The molecule has 1 aliphatic rings. The third kappa shape index (κ3) is 6.41. The molecule has 0 fully saturated rings. The molecule has 1 unspecified atom stereocenters. The molecule has 336 valence electrons. The molecule has 3 aromatic heterocycles. The lowest BCUT2D eigenvalue weighted by Gasteiger charge is -2.33. The highest BCUT2D eigenvalue weighted by atomic mass is 15.2. The molecule has 12 aromatic rings. The van der Waals surface area contributed by atoms with Crippen LogP contribution < -0.4 is 0 Å². The molecule has 0 saturated carbocycles. The Morgan fingerprint density at radius 2 is 0.857 bits per heavy atom. The summed E-state index contributed by atoms with van der Waals surface area (Å²) in [4.78, 5) is 15.9. The van der Waals surface area contributed by atoms with Crippen LogP contribution in [0.3, 0.4) is 0 Å². The van der Waals surface area contributed by atoms with E-state index in [9.17, 15) is 0 Å². The first kappa shape index (κ1) is 41.8. The molecule has 0 radical (unpaired) electrons. The van der Waals surface area contributed by atoms with Gasteiger partial charge in [-0.05, 0) is 91.6 Å². The Kier molecular flexibility index (Phi) is 9.44. The van der Waals surface area contributed by atoms with E-state index in [1.165, 1.54) is 38.8 Å². The van der Waals surface area contributed by atoms with Gasteiger partial charge in [0.2, 0.25) is 5.95 Å². The van der Waals surface area contributed by atoms with Crippen LogP contribution in [0.5, 0.6) is 0 Å². The van der Waals surface area contributed by atoms with Crippen molar-refractivity contribution in [3.63, 3.8) is 0 Å². The molecule has 3 heterocycles. The summed E-state index contributed by atoms with van der Waals surface area (Å²) < 4.78 is 4.70. The monoisotopic (exact) mass is 901 g/mol. The SMILES string of the molecule is CC1C(C)(C)c2cccc(-c3ccc(-c4ccc(-n5c6ccccc6c6ccc7c8ccccc8n(-c8nc(-c9ccccc9)nc(-c9cccc(-c%10ccccc%10)c9)n8)c7c65)cc4)cc3)c2C1(C)C. The zero-order valence-electron chi connectivity index (χ0n) is 40.0. The van der Waals surface area contributed by atoms with Crippen LogP contribution in [0, 0.1) is 5.92 Å². The molecule has 13 rings (SSSR count). The highest BCUT2D eigenvalue weighted by Crippen LogP contribution is 2.56. The largest absolute Gasteiger partial charge is 0.307 e. The maximum absolute atomic E-state index is 5.41. The van der Waals surface area contributed by atoms with Gasteiger partial charge in [0, 0.05) is 38.4 Å². The smallest absolute Gasteiger partial charge is 0.238 e. The zero-order chi connectivity index (χ0) is 47.3. The second-order valence-corrected chi connectivity index (χ2v) is 20.2. The van der Waals surface area contributed by atoms with Crippen molar-refractivity contribution in [2.75, 3.05) is 0 Å². The van der Waals surface area contributed by atoms with Gasteiger partial charge in [0.15, 0.2) is 11.6 Å². The first-order chi connectivity index (χ1) is 34.1. The van der Waals surface area contributed by atoms with Crippen LogP contribution in [-0.4, -0.2) is 24.1 Å². The van der Waals surface area contributed by atoms with Crippen LogP contribution >= 0.6 is 0 Å². The first-order valence-corrected chi connectivity index (χ1v) is 24.4. The number of rotatable bonds is 7. The van der Waals surface area contributed by atoms with Crippen molar-refractivity contribution in [2.45, 2.75) is 45.4 Å². The fourth-order valence-corrected chi connectivity index (χ4v) is 11.8. The van der Waals surface area contributed by atoms with Crippen LogP contribution in [0.15, 0.2) is 212 Å². The Hall–Kier alpha value is -8.41. The van der Waals surface area contributed by atoms with Crippen molar-refractivity contribution in [3.05, 3.63) is 223 Å². The van der Waals surface area contributed by atoms with Crippen LogP contribution in [0.2, 0.25) is 0 Å². The fourth-order valence-electron chi connectivity index (χ4n) is 11.8. The van der Waals surface area contributed by atoms with Crippen molar-refractivity contribution in [3.8, 4) is 67.8 Å². The number of nitrogens with zero attached hydrogens (tertiary/aromatic N) is 5. The lowest BCUT2D eigenvalue weighted by atomic mass is 9.71. The van der Waals surface area contributed by atoms with E-state index in [1.54, 1.807) is 0 Å². The molecule has 5 nitrogen and oxygen atoms in total. The minimum Gasteiger partial charge on any atom is -0.307 e. The van der Waals surface area contributed by atoms with Gasteiger partial charge in [0.05, 0.1) is 22.1 Å².